The molecule has 1 aromatic heterocycles. The normalized spacial score (nSPS) is 17.4. The van der Waals surface area contributed by atoms with Crippen LogP contribution in [0.4, 0.5) is 0 Å². The van der Waals surface area contributed by atoms with Gasteiger partial charge in [0.2, 0.25) is 0 Å². The maximum absolute atomic E-state index is 10.7. The van der Waals surface area contributed by atoms with E-state index >= 15 is 0 Å². The van der Waals surface area contributed by atoms with Gasteiger partial charge in [0.05, 0.1) is 7.11 Å². The second-order valence-electron chi connectivity index (χ2n) is 5.59. The maximum Gasteiger partial charge on any atom is 0.131 e. The van der Waals surface area contributed by atoms with Crippen molar-refractivity contribution >= 4 is 16.9 Å². The molecule has 0 bridgehead atoms. The second-order valence-corrected chi connectivity index (χ2v) is 6.56. The lowest BCUT2D eigenvalue weighted by molar-refractivity contribution is 0.152. The molecule has 1 unspecified atom stereocenters. The third kappa shape index (κ3) is 2.69. The summed E-state index contributed by atoms with van der Waals surface area (Å²) in [4.78, 5) is 0.931. The first kappa shape index (κ1) is 14.2. The third-order valence-electron chi connectivity index (χ3n) is 3.48. The van der Waals surface area contributed by atoms with E-state index in [2.05, 4.69) is 0 Å². The molecule has 3 nitrogen and oxygen atoms in total. The van der Waals surface area contributed by atoms with Gasteiger partial charge in [0.25, 0.3) is 0 Å². The van der Waals surface area contributed by atoms with Crippen molar-refractivity contribution in [2.24, 2.45) is 0 Å². The Balaban J connectivity index is 2.09. The predicted octanol–water partition coefficient (Wildman–Crippen LogP) is 4.04. The lowest BCUT2D eigenvalue weighted by atomic mass is 9.90. The van der Waals surface area contributed by atoms with Gasteiger partial charge in [-0.2, -0.15) is 0 Å². The summed E-state index contributed by atoms with van der Waals surface area (Å²) in [6, 6.07) is 9.58. The Bertz CT molecular complexity index is 671. The van der Waals surface area contributed by atoms with Crippen molar-refractivity contribution in [3.05, 3.63) is 52.2 Å². The van der Waals surface area contributed by atoms with Crippen LogP contribution in [0.1, 0.15) is 30.4 Å². The number of hydrogen-bond donors (Lipinski definition) is 1. The molecule has 2 aromatic rings. The summed E-state index contributed by atoms with van der Waals surface area (Å²) >= 11 is 1.55. The number of hydrogen-bond acceptors (Lipinski definition) is 4. The van der Waals surface area contributed by atoms with Crippen LogP contribution < -0.4 is 9.47 Å². The van der Waals surface area contributed by atoms with E-state index in [9.17, 15) is 5.11 Å². The van der Waals surface area contributed by atoms with Crippen LogP contribution in [0.25, 0.3) is 5.57 Å². The third-order valence-corrected chi connectivity index (χ3v) is 4.41. The van der Waals surface area contributed by atoms with Crippen LogP contribution in [0.2, 0.25) is 0 Å². The summed E-state index contributed by atoms with van der Waals surface area (Å²) in [5.41, 5.74) is 1.33. The topological polar surface area (TPSA) is 38.7 Å². The average molecular weight is 302 g/mol. The van der Waals surface area contributed by atoms with Gasteiger partial charge in [0.15, 0.2) is 0 Å². The Morgan fingerprint density at radius 3 is 2.76 bits per heavy atom. The minimum absolute atomic E-state index is 0.465. The summed E-state index contributed by atoms with van der Waals surface area (Å²) in [5, 5.41) is 12.7. The molecule has 1 aliphatic heterocycles. The number of benzene rings is 1. The molecule has 110 valence electrons. The number of aliphatic hydroxyl groups is 1. The highest BCUT2D eigenvalue weighted by Crippen LogP contribution is 2.44. The molecule has 0 radical (unpaired) electrons. The smallest absolute Gasteiger partial charge is 0.131 e. The molecule has 0 fully saturated rings. The van der Waals surface area contributed by atoms with Gasteiger partial charge in [-0.25, -0.2) is 0 Å². The summed E-state index contributed by atoms with van der Waals surface area (Å²) in [7, 11) is 1.63. The van der Waals surface area contributed by atoms with Gasteiger partial charge in [-0.05, 0) is 49.1 Å². The van der Waals surface area contributed by atoms with E-state index in [1.807, 2.05) is 55.6 Å². The summed E-state index contributed by atoms with van der Waals surface area (Å²) in [6.45, 7) is 3.97. The van der Waals surface area contributed by atoms with Crippen LogP contribution in [-0.2, 0) is 0 Å². The van der Waals surface area contributed by atoms with Crippen molar-refractivity contribution in [3.63, 3.8) is 0 Å². The van der Waals surface area contributed by atoms with Crippen LogP contribution in [0, 0.1) is 0 Å². The van der Waals surface area contributed by atoms with Crippen LogP contribution in [-0.4, -0.2) is 17.8 Å². The van der Waals surface area contributed by atoms with E-state index < -0.39 is 11.7 Å². The van der Waals surface area contributed by atoms with Gasteiger partial charge in [-0.15, -0.1) is 11.3 Å². The molecule has 1 atom stereocenters. The number of aliphatic hydroxyl groups excluding tert-OH is 1. The molecule has 3 rings (SSSR count). The first-order valence-electron chi connectivity index (χ1n) is 6.82. The molecule has 4 heteroatoms. The highest BCUT2D eigenvalue weighted by atomic mass is 32.1. The van der Waals surface area contributed by atoms with Gasteiger partial charge in [-0.3, -0.25) is 0 Å². The Labute approximate surface area is 128 Å². The van der Waals surface area contributed by atoms with E-state index in [4.69, 9.17) is 9.47 Å². The molecule has 0 spiro atoms. The summed E-state index contributed by atoms with van der Waals surface area (Å²) in [5.74, 6) is 1.49. The van der Waals surface area contributed by atoms with Crippen LogP contribution in [0.15, 0.2) is 41.8 Å². The summed E-state index contributed by atoms with van der Waals surface area (Å²) in [6.07, 6.45) is 1.35. The highest BCUT2D eigenvalue weighted by Gasteiger charge is 2.30. The highest BCUT2D eigenvalue weighted by molar-refractivity contribution is 7.10. The first-order valence-corrected chi connectivity index (χ1v) is 7.70. The van der Waals surface area contributed by atoms with Crippen molar-refractivity contribution in [2.45, 2.75) is 25.6 Å². The number of thiophene rings is 1. The Hall–Kier alpha value is -1.78. The van der Waals surface area contributed by atoms with Crippen LogP contribution >= 0.6 is 11.3 Å². The van der Waals surface area contributed by atoms with Gasteiger partial charge in [-0.1, -0.05) is 6.07 Å². The fourth-order valence-electron chi connectivity index (χ4n) is 2.54. The molecule has 0 saturated heterocycles. The maximum atomic E-state index is 10.7. The Morgan fingerprint density at radius 2 is 2.10 bits per heavy atom. The SMILES string of the molecule is COc1ccc2c(c1)OC(C)(C)C=C2C(O)c1cccs1. The molecular formula is C17H18O3S. The van der Waals surface area contributed by atoms with Crippen molar-refractivity contribution in [1.82, 2.24) is 0 Å². The van der Waals surface area contributed by atoms with Crippen molar-refractivity contribution in [1.29, 1.82) is 0 Å². The minimum Gasteiger partial charge on any atom is -0.497 e. The van der Waals surface area contributed by atoms with Gasteiger partial charge in [0, 0.05) is 16.5 Å². The monoisotopic (exact) mass is 302 g/mol. The largest absolute Gasteiger partial charge is 0.497 e. The molecule has 1 aromatic carbocycles. The van der Waals surface area contributed by atoms with Gasteiger partial charge in [0.1, 0.15) is 23.2 Å². The zero-order valence-electron chi connectivity index (χ0n) is 12.3. The van der Waals surface area contributed by atoms with E-state index in [1.54, 1.807) is 18.4 Å². The Morgan fingerprint density at radius 1 is 1.29 bits per heavy atom. The summed E-state index contributed by atoms with van der Waals surface area (Å²) < 4.78 is 11.3. The molecule has 1 aliphatic rings. The van der Waals surface area contributed by atoms with E-state index in [1.165, 1.54) is 0 Å². The van der Waals surface area contributed by atoms with Crippen molar-refractivity contribution in [3.8, 4) is 11.5 Å². The Kier molecular flexibility index (Phi) is 3.51. The standard InChI is InChI=1S/C17H18O3S/c1-17(2)10-13(16(18)15-5-4-8-21-15)12-7-6-11(19-3)9-14(12)20-17/h4-10,16,18H,1-3H3. The average Bonchev–Trinajstić information content (AvgIpc) is 2.98. The molecule has 1 N–H and O–H groups in total. The lowest BCUT2D eigenvalue weighted by Gasteiger charge is -2.32. The molecule has 2 heterocycles. The van der Waals surface area contributed by atoms with Crippen molar-refractivity contribution < 1.29 is 14.6 Å². The van der Waals surface area contributed by atoms with E-state index in [0.717, 1.165) is 27.5 Å². The molecular weight excluding hydrogens is 284 g/mol. The number of fused-ring (bicyclic) bond motifs is 1. The molecule has 0 amide bonds. The molecule has 0 aliphatic carbocycles. The van der Waals surface area contributed by atoms with E-state index in [0.29, 0.717) is 0 Å². The number of rotatable bonds is 3. The van der Waals surface area contributed by atoms with E-state index in [-0.39, 0.29) is 0 Å². The fourth-order valence-corrected chi connectivity index (χ4v) is 3.27. The van der Waals surface area contributed by atoms with Crippen molar-refractivity contribution in [2.75, 3.05) is 7.11 Å². The second kappa shape index (κ2) is 5.20. The zero-order chi connectivity index (χ0) is 15.0. The predicted molar refractivity (Wildman–Crippen MR) is 85.0 cm³/mol. The minimum atomic E-state index is -0.639. The lowest BCUT2D eigenvalue weighted by Crippen LogP contribution is -2.30. The van der Waals surface area contributed by atoms with Crippen LogP contribution in [0.3, 0.4) is 0 Å². The fraction of sp³-hybridized carbons (Fsp3) is 0.294. The number of ether oxygens (including phenoxy) is 2. The quantitative estimate of drug-likeness (QED) is 0.930. The van der Waals surface area contributed by atoms with Gasteiger partial charge >= 0.3 is 0 Å². The zero-order valence-corrected chi connectivity index (χ0v) is 13.1. The van der Waals surface area contributed by atoms with Crippen LogP contribution in [0.5, 0.6) is 11.5 Å². The molecule has 21 heavy (non-hydrogen) atoms. The first-order chi connectivity index (χ1) is 10.00. The number of methoxy groups -OCH3 is 1. The molecule has 0 saturated carbocycles. The van der Waals surface area contributed by atoms with Gasteiger partial charge < -0.3 is 14.6 Å².